The standard InChI is InChI=1S/C12H18ClN3O2S/c1-9-3-2-6-16(8-9)19(17,18)15-12-7-10(14)4-5-11(12)13/h4-5,7,9,15H,2-3,6,8,14H2,1H3. The minimum atomic E-state index is -3.57. The van der Waals surface area contributed by atoms with E-state index < -0.39 is 10.2 Å². The number of rotatable bonds is 3. The van der Waals surface area contributed by atoms with Gasteiger partial charge in [0.05, 0.1) is 10.7 Å². The Morgan fingerprint density at radius 3 is 2.89 bits per heavy atom. The van der Waals surface area contributed by atoms with Gasteiger partial charge >= 0.3 is 10.2 Å². The smallest absolute Gasteiger partial charge is 0.301 e. The molecule has 1 unspecified atom stereocenters. The van der Waals surface area contributed by atoms with E-state index in [2.05, 4.69) is 11.6 Å². The topological polar surface area (TPSA) is 75.4 Å². The lowest BCUT2D eigenvalue weighted by atomic mass is 10.0. The fourth-order valence-electron chi connectivity index (χ4n) is 2.19. The Balaban J connectivity index is 2.18. The summed E-state index contributed by atoms with van der Waals surface area (Å²) in [6, 6.07) is 4.73. The number of benzene rings is 1. The third-order valence-electron chi connectivity index (χ3n) is 3.19. The lowest BCUT2D eigenvalue weighted by Crippen LogP contribution is -2.42. The predicted octanol–water partition coefficient (Wildman–Crippen LogP) is 2.31. The van der Waals surface area contributed by atoms with Crippen molar-refractivity contribution in [3.8, 4) is 0 Å². The van der Waals surface area contributed by atoms with Crippen molar-refractivity contribution >= 4 is 33.2 Å². The van der Waals surface area contributed by atoms with Crippen LogP contribution in [0.25, 0.3) is 0 Å². The van der Waals surface area contributed by atoms with Crippen molar-refractivity contribution in [2.45, 2.75) is 19.8 Å². The number of nitrogens with two attached hydrogens (primary N) is 1. The second-order valence-corrected chi connectivity index (χ2v) is 7.03. The van der Waals surface area contributed by atoms with Gasteiger partial charge in [0.25, 0.3) is 0 Å². The van der Waals surface area contributed by atoms with Gasteiger partial charge in [-0.2, -0.15) is 12.7 Å². The largest absolute Gasteiger partial charge is 0.399 e. The Bertz CT molecular complexity index is 562. The monoisotopic (exact) mass is 303 g/mol. The molecule has 5 nitrogen and oxygen atoms in total. The molecule has 0 aromatic heterocycles. The number of nitrogens with one attached hydrogen (secondary N) is 1. The molecule has 1 aliphatic heterocycles. The predicted molar refractivity (Wildman–Crippen MR) is 78.4 cm³/mol. The fraction of sp³-hybridized carbons (Fsp3) is 0.500. The highest BCUT2D eigenvalue weighted by Gasteiger charge is 2.27. The summed E-state index contributed by atoms with van der Waals surface area (Å²) in [7, 11) is -3.57. The molecule has 1 aliphatic rings. The maximum Gasteiger partial charge on any atom is 0.301 e. The molecule has 2 rings (SSSR count). The molecule has 0 spiro atoms. The number of piperidine rings is 1. The van der Waals surface area contributed by atoms with Crippen molar-refractivity contribution in [2.24, 2.45) is 5.92 Å². The maximum atomic E-state index is 12.3. The summed E-state index contributed by atoms with van der Waals surface area (Å²) >= 11 is 5.97. The number of hydrogen-bond acceptors (Lipinski definition) is 3. The van der Waals surface area contributed by atoms with Crippen LogP contribution in [-0.2, 0) is 10.2 Å². The number of nitrogens with zero attached hydrogens (tertiary/aromatic N) is 1. The van der Waals surface area contributed by atoms with E-state index >= 15 is 0 Å². The van der Waals surface area contributed by atoms with Crippen molar-refractivity contribution in [2.75, 3.05) is 23.5 Å². The van der Waals surface area contributed by atoms with Crippen LogP contribution in [0.15, 0.2) is 18.2 Å². The van der Waals surface area contributed by atoms with Gasteiger partial charge in [0.2, 0.25) is 0 Å². The van der Waals surface area contributed by atoms with Gasteiger partial charge in [0.15, 0.2) is 0 Å². The van der Waals surface area contributed by atoms with Gasteiger partial charge in [0.1, 0.15) is 0 Å². The lowest BCUT2D eigenvalue weighted by Gasteiger charge is -2.30. The van der Waals surface area contributed by atoms with Crippen LogP contribution in [0, 0.1) is 5.92 Å². The molecule has 0 saturated carbocycles. The molecule has 1 aromatic rings. The van der Waals surface area contributed by atoms with Gasteiger partial charge < -0.3 is 5.73 Å². The van der Waals surface area contributed by atoms with E-state index in [1.54, 1.807) is 12.1 Å². The van der Waals surface area contributed by atoms with E-state index in [1.165, 1.54) is 10.4 Å². The molecule has 1 aromatic carbocycles. The molecule has 106 valence electrons. The molecule has 1 fully saturated rings. The molecule has 1 saturated heterocycles. The van der Waals surface area contributed by atoms with E-state index in [-0.39, 0.29) is 0 Å². The molecule has 0 radical (unpaired) electrons. The molecule has 0 aliphatic carbocycles. The van der Waals surface area contributed by atoms with E-state index in [0.29, 0.717) is 35.4 Å². The average molecular weight is 304 g/mol. The molecule has 19 heavy (non-hydrogen) atoms. The molecule has 0 amide bonds. The van der Waals surface area contributed by atoms with Gasteiger partial charge in [-0.15, -0.1) is 0 Å². The molecule has 3 N–H and O–H groups in total. The van der Waals surface area contributed by atoms with Gasteiger partial charge in [-0.05, 0) is 37.0 Å². The summed E-state index contributed by atoms with van der Waals surface area (Å²) in [5, 5.41) is 0.336. The molecule has 1 heterocycles. The molecular weight excluding hydrogens is 286 g/mol. The van der Waals surface area contributed by atoms with Crippen LogP contribution in [0.2, 0.25) is 5.02 Å². The van der Waals surface area contributed by atoms with Crippen LogP contribution in [0.1, 0.15) is 19.8 Å². The van der Waals surface area contributed by atoms with Crippen molar-refractivity contribution in [1.82, 2.24) is 4.31 Å². The zero-order valence-electron chi connectivity index (χ0n) is 10.8. The molecular formula is C12H18ClN3O2S. The first-order chi connectivity index (χ1) is 8.88. The zero-order valence-corrected chi connectivity index (χ0v) is 12.3. The minimum Gasteiger partial charge on any atom is -0.399 e. The number of halogens is 1. The molecule has 1 atom stereocenters. The van der Waals surface area contributed by atoms with Crippen molar-refractivity contribution in [1.29, 1.82) is 0 Å². The number of nitrogen functional groups attached to an aromatic ring is 1. The van der Waals surface area contributed by atoms with Crippen LogP contribution >= 0.6 is 11.6 Å². The average Bonchev–Trinajstić information content (AvgIpc) is 2.33. The second kappa shape index (κ2) is 5.56. The van der Waals surface area contributed by atoms with E-state index in [0.717, 1.165) is 12.8 Å². The first kappa shape index (κ1) is 14.4. The normalized spacial score (nSPS) is 21.3. The zero-order chi connectivity index (χ0) is 14.0. The van der Waals surface area contributed by atoms with Gasteiger partial charge in [-0.3, -0.25) is 4.72 Å². The maximum absolute atomic E-state index is 12.3. The third-order valence-corrected chi connectivity index (χ3v) is 5.01. The first-order valence-corrected chi connectivity index (χ1v) is 8.03. The summed E-state index contributed by atoms with van der Waals surface area (Å²) in [4.78, 5) is 0. The Hall–Kier alpha value is -0.980. The highest BCUT2D eigenvalue weighted by molar-refractivity contribution is 7.90. The molecule has 7 heteroatoms. The SMILES string of the molecule is CC1CCCN(S(=O)(=O)Nc2cc(N)ccc2Cl)C1. The first-order valence-electron chi connectivity index (χ1n) is 6.21. The minimum absolute atomic E-state index is 0.319. The van der Waals surface area contributed by atoms with Gasteiger partial charge in [0, 0.05) is 18.8 Å². The van der Waals surface area contributed by atoms with Crippen LogP contribution in [0.5, 0.6) is 0 Å². The van der Waals surface area contributed by atoms with E-state index in [9.17, 15) is 8.42 Å². The Morgan fingerprint density at radius 1 is 1.47 bits per heavy atom. The highest BCUT2D eigenvalue weighted by Crippen LogP contribution is 2.27. The van der Waals surface area contributed by atoms with Gasteiger partial charge in [-0.1, -0.05) is 18.5 Å². The van der Waals surface area contributed by atoms with Crippen LogP contribution in [-0.4, -0.2) is 25.8 Å². The lowest BCUT2D eigenvalue weighted by molar-refractivity contribution is 0.282. The quantitative estimate of drug-likeness (QED) is 0.841. The Kier molecular flexibility index (Phi) is 4.23. The van der Waals surface area contributed by atoms with Gasteiger partial charge in [-0.25, -0.2) is 0 Å². The number of anilines is 2. The van der Waals surface area contributed by atoms with Crippen LogP contribution < -0.4 is 10.5 Å². The summed E-state index contributed by atoms with van der Waals surface area (Å²) in [6.07, 6.45) is 1.94. The van der Waals surface area contributed by atoms with Crippen molar-refractivity contribution in [3.05, 3.63) is 23.2 Å². The summed E-state index contributed by atoms with van der Waals surface area (Å²) in [5.41, 5.74) is 6.43. The van der Waals surface area contributed by atoms with Crippen molar-refractivity contribution < 1.29 is 8.42 Å². The number of hydrogen-bond donors (Lipinski definition) is 2. The Morgan fingerprint density at radius 2 is 2.21 bits per heavy atom. The second-order valence-electron chi connectivity index (χ2n) is 4.95. The van der Waals surface area contributed by atoms with E-state index in [4.69, 9.17) is 17.3 Å². The summed E-state index contributed by atoms with van der Waals surface area (Å²) in [5.74, 6) is 0.377. The van der Waals surface area contributed by atoms with Crippen LogP contribution in [0.4, 0.5) is 11.4 Å². The summed E-state index contributed by atoms with van der Waals surface area (Å²) < 4.78 is 28.5. The fourth-order valence-corrected chi connectivity index (χ4v) is 3.81. The Labute approximate surface area is 118 Å². The van der Waals surface area contributed by atoms with E-state index in [1.807, 2.05) is 0 Å². The van der Waals surface area contributed by atoms with Crippen LogP contribution in [0.3, 0.4) is 0 Å². The third kappa shape index (κ3) is 3.52. The van der Waals surface area contributed by atoms with Crippen molar-refractivity contribution in [3.63, 3.8) is 0 Å². The highest BCUT2D eigenvalue weighted by atomic mass is 35.5. The summed E-state index contributed by atoms with van der Waals surface area (Å²) in [6.45, 7) is 3.13. The molecule has 0 bridgehead atoms.